The fourth-order valence-corrected chi connectivity index (χ4v) is 4.82. The SMILES string of the molecule is CC(C)N1CCC(c2cc(NC(=O)c3cccc(-c4cnsc4)n3)n(-c3ccccn3)n2)CC1. The molecule has 1 amide bonds. The first-order valence-electron chi connectivity index (χ1n) is 11.5. The molecule has 4 aromatic rings. The van der Waals surface area contributed by atoms with Crippen molar-refractivity contribution in [1.82, 2.24) is 29.0 Å². The third kappa shape index (κ3) is 4.76. The zero-order chi connectivity index (χ0) is 23.5. The molecular formula is C25H27N7OS. The highest BCUT2D eigenvalue weighted by Gasteiger charge is 2.26. The van der Waals surface area contributed by atoms with Crippen molar-refractivity contribution in [2.75, 3.05) is 18.4 Å². The fourth-order valence-electron chi connectivity index (χ4n) is 4.29. The van der Waals surface area contributed by atoms with E-state index in [4.69, 9.17) is 5.10 Å². The van der Waals surface area contributed by atoms with Crippen LogP contribution in [0.15, 0.2) is 60.2 Å². The normalized spacial score (nSPS) is 15.0. The molecular weight excluding hydrogens is 446 g/mol. The van der Waals surface area contributed by atoms with Crippen LogP contribution in [0, 0.1) is 0 Å². The van der Waals surface area contributed by atoms with Gasteiger partial charge in [-0.3, -0.25) is 4.79 Å². The number of anilines is 1. The van der Waals surface area contributed by atoms with Crippen LogP contribution in [-0.2, 0) is 0 Å². The summed E-state index contributed by atoms with van der Waals surface area (Å²) in [6.07, 6.45) is 5.57. The molecule has 1 aliphatic heterocycles. The summed E-state index contributed by atoms with van der Waals surface area (Å²) < 4.78 is 5.84. The molecule has 0 aromatic carbocycles. The second-order valence-corrected chi connectivity index (χ2v) is 9.39. The van der Waals surface area contributed by atoms with Crippen molar-refractivity contribution in [1.29, 1.82) is 0 Å². The summed E-state index contributed by atoms with van der Waals surface area (Å²) in [5.74, 6) is 1.32. The standard InChI is InChI=1S/C25H27N7OS/c1-17(2)31-12-9-18(10-13-31)22-14-24(32(30-22)23-8-3-4-11-26-23)29-25(33)21-7-5-6-20(28-21)19-15-27-34-16-19/h3-8,11,14-18H,9-10,12-13H2,1-2H3,(H,29,33). The van der Waals surface area contributed by atoms with E-state index in [9.17, 15) is 4.79 Å². The Labute approximate surface area is 202 Å². The van der Waals surface area contributed by atoms with E-state index in [-0.39, 0.29) is 5.91 Å². The van der Waals surface area contributed by atoms with Crippen molar-refractivity contribution in [3.63, 3.8) is 0 Å². The van der Waals surface area contributed by atoms with Gasteiger partial charge >= 0.3 is 0 Å². The Morgan fingerprint density at radius 1 is 1.15 bits per heavy atom. The van der Waals surface area contributed by atoms with Crippen LogP contribution in [0.3, 0.4) is 0 Å². The molecule has 9 heteroatoms. The average molecular weight is 474 g/mol. The van der Waals surface area contributed by atoms with Crippen molar-refractivity contribution in [2.45, 2.75) is 38.6 Å². The highest BCUT2D eigenvalue weighted by Crippen LogP contribution is 2.30. The van der Waals surface area contributed by atoms with Gasteiger partial charge in [0.15, 0.2) is 5.82 Å². The Balaban J connectivity index is 1.41. The van der Waals surface area contributed by atoms with Crippen LogP contribution < -0.4 is 5.32 Å². The molecule has 8 nitrogen and oxygen atoms in total. The Morgan fingerprint density at radius 2 is 2.00 bits per heavy atom. The average Bonchev–Trinajstić information content (AvgIpc) is 3.55. The molecule has 0 saturated carbocycles. The number of nitrogens with zero attached hydrogens (tertiary/aromatic N) is 6. The number of carbonyl (C=O) groups excluding carboxylic acids is 1. The number of piperidine rings is 1. The Morgan fingerprint density at radius 3 is 2.71 bits per heavy atom. The fraction of sp³-hybridized carbons (Fsp3) is 0.320. The lowest BCUT2D eigenvalue weighted by atomic mass is 9.93. The number of hydrogen-bond acceptors (Lipinski definition) is 7. The van der Waals surface area contributed by atoms with Crippen LogP contribution in [0.5, 0.6) is 0 Å². The molecule has 5 rings (SSSR count). The summed E-state index contributed by atoms with van der Waals surface area (Å²) in [4.78, 5) is 24.7. The molecule has 4 aromatic heterocycles. The van der Waals surface area contributed by atoms with Crippen LogP contribution in [0.2, 0.25) is 0 Å². The van der Waals surface area contributed by atoms with E-state index in [1.165, 1.54) is 11.5 Å². The van der Waals surface area contributed by atoms with Gasteiger partial charge in [-0.2, -0.15) is 9.78 Å². The quantitative estimate of drug-likeness (QED) is 0.439. The number of rotatable bonds is 6. The summed E-state index contributed by atoms with van der Waals surface area (Å²) in [5.41, 5.74) is 2.94. The summed E-state index contributed by atoms with van der Waals surface area (Å²) in [7, 11) is 0. The third-order valence-corrected chi connectivity index (χ3v) is 6.81. The molecule has 0 unspecified atom stereocenters. The molecule has 1 aliphatic rings. The van der Waals surface area contributed by atoms with E-state index in [0.29, 0.717) is 29.3 Å². The molecule has 1 N–H and O–H groups in total. The number of likely N-dealkylation sites (tertiary alicyclic amines) is 1. The highest BCUT2D eigenvalue weighted by molar-refractivity contribution is 7.03. The monoisotopic (exact) mass is 473 g/mol. The predicted octanol–water partition coefficient (Wildman–Crippen LogP) is 4.63. The van der Waals surface area contributed by atoms with Gasteiger partial charge in [0, 0.05) is 35.2 Å². The zero-order valence-electron chi connectivity index (χ0n) is 19.3. The van der Waals surface area contributed by atoms with Crippen LogP contribution in [0.25, 0.3) is 17.1 Å². The van der Waals surface area contributed by atoms with Crippen molar-refractivity contribution >= 4 is 23.3 Å². The molecule has 1 saturated heterocycles. The van der Waals surface area contributed by atoms with Gasteiger partial charge in [0.25, 0.3) is 5.91 Å². The minimum Gasteiger partial charge on any atom is -0.305 e. The smallest absolute Gasteiger partial charge is 0.275 e. The number of pyridine rings is 2. The Kier molecular flexibility index (Phi) is 6.46. The van der Waals surface area contributed by atoms with E-state index in [2.05, 4.69) is 38.4 Å². The molecule has 34 heavy (non-hydrogen) atoms. The van der Waals surface area contributed by atoms with Gasteiger partial charge in [-0.1, -0.05) is 12.1 Å². The highest BCUT2D eigenvalue weighted by atomic mass is 32.1. The minimum atomic E-state index is -0.289. The maximum absolute atomic E-state index is 13.2. The molecule has 0 spiro atoms. The molecule has 5 heterocycles. The largest absolute Gasteiger partial charge is 0.305 e. The van der Waals surface area contributed by atoms with Gasteiger partial charge in [-0.05, 0) is 75.6 Å². The second kappa shape index (κ2) is 9.82. The predicted molar refractivity (Wildman–Crippen MR) is 133 cm³/mol. The molecule has 1 fully saturated rings. The van der Waals surface area contributed by atoms with E-state index in [1.807, 2.05) is 41.8 Å². The van der Waals surface area contributed by atoms with Crippen LogP contribution in [0.1, 0.15) is 48.8 Å². The first kappa shape index (κ1) is 22.4. The Bertz CT molecular complexity index is 1250. The first-order chi connectivity index (χ1) is 16.6. The minimum absolute atomic E-state index is 0.289. The molecule has 0 aliphatic carbocycles. The third-order valence-electron chi connectivity index (χ3n) is 6.22. The van der Waals surface area contributed by atoms with Crippen LogP contribution in [0.4, 0.5) is 5.82 Å². The number of aromatic nitrogens is 5. The van der Waals surface area contributed by atoms with Crippen molar-refractivity contribution in [2.24, 2.45) is 0 Å². The van der Waals surface area contributed by atoms with Gasteiger partial charge < -0.3 is 10.2 Å². The second-order valence-electron chi connectivity index (χ2n) is 8.73. The lowest BCUT2D eigenvalue weighted by molar-refractivity contribution is 0.102. The Hall–Kier alpha value is -3.43. The van der Waals surface area contributed by atoms with E-state index in [1.54, 1.807) is 23.1 Å². The van der Waals surface area contributed by atoms with Gasteiger partial charge in [0.1, 0.15) is 11.5 Å². The van der Waals surface area contributed by atoms with Gasteiger partial charge in [-0.25, -0.2) is 14.3 Å². The lowest BCUT2D eigenvalue weighted by Gasteiger charge is -2.33. The lowest BCUT2D eigenvalue weighted by Crippen LogP contribution is -2.37. The summed E-state index contributed by atoms with van der Waals surface area (Å²) >= 11 is 1.36. The number of amides is 1. The maximum atomic E-state index is 13.2. The molecule has 0 atom stereocenters. The van der Waals surface area contributed by atoms with E-state index < -0.39 is 0 Å². The maximum Gasteiger partial charge on any atom is 0.275 e. The van der Waals surface area contributed by atoms with Crippen molar-refractivity contribution in [3.05, 3.63) is 71.6 Å². The molecule has 0 bridgehead atoms. The number of nitrogens with one attached hydrogen (secondary N) is 1. The van der Waals surface area contributed by atoms with Gasteiger partial charge in [0.05, 0.1) is 17.6 Å². The van der Waals surface area contributed by atoms with Gasteiger partial charge in [0.2, 0.25) is 0 Å². The van der Waals surface area contributed by atoms with E-state index >= 15 is 0 Å². The van der Waals surface area contributed by atoms with Crippen molar-refractivity contribution in [3.8, 4) is 17.1 Å². The van der Waals surface area contributed by atoms with Gasteiger partial charge in [-0.15, -0.1) is 0 Å². The zero-order valence-corrected chi connectivity index (χ0v) is 20.1. The van der Waals surface area contributed by atoms with Crippen molar-refractivity contribution < 1.29 is 4.79 Å². The molecule has 0 radical (unpaired) electrons. The topological polar surface area (TPSA) is 88.8 Å². The number of hydrogen-bond donors (Lipinski definition) is 1. The van der Waals surface area contributed by atoms with Crippen LogP contribution >= 0.6 is 11.5 Å². The summed E-state index contributed by atoms with van der Waals surface area (Å²) in [5, 5.41) is 9.81. The van der Waals surface area contributed by atoms with Crippen LogP contribution in [-0.4, -0.2) is 54.1 Å². The summed E-state index contributed by atoms with van der Waals surface area (Å²) in [6, 6.07) is 13.6. The summed E-state index contributed by atoms with van der Waals surface area (Å²) in [6.45, 7) is 6.58. The first-order valence-corrected chi connectivity index (χ1v) is 12.4. The molecule has 174 valence electrons. The van der Waals surface area contributed by atoms with E-state index in [0.717, 1.165) is 42.9 Å². The number of carbonyl (C=O) groups is 1.